The number of pyridine rings is 1. The Morgan fingerprint density at radius 1 is 0.742 bits per heavy atom. The fraction of sp³-hybridized carbons (Fsp3) is 0.120. The molecule has 1 N–H and O–H groups in total. The molecule has 0 amide bonds. The average Bonchev–Trinajstić information content (AvgIpc) is 2.80. The lowest BCUT2D eigenvalue weighted by Gasteiger charge is -2.11. The molecule has 0 saturated carbocycles. The Balaban J connectivity index is 1.35. The lowest BCUT2D eigenvalue weighted by Crippen LogP contribution is -2.09. The molecule has 0 aliphatic carbocycles. The number of rotatable bonds is 9. The molecule has 0 fully saturated rings. The fourth-order valence-corrected chi connectivity index (χ4v) is 3.04. The van der Waals surface area contributed by atoms with Crippen LogP contribution in [-0.4, -0.2) is 22.7 Å². The molecular weight excluding hydrogens is 394 g/mol. The van der Waals surface area contributed by atoms with Crippen LogP contribution in [-0.2, 0) is 18.0 Å². The van der Waals surface area contributed by atoms with Gasteiger partial charge in [0, 0.05) is 11.5 Å². The van der Waals surface area contributed by atoms with Gasteiger partial charge in [0.05, 0.1) is 11.2 Å². The van der Waals surface area contributed by atoms with Crippen LogP contribution >= 0.6 is 0 Å². The van der Waals surface area contributed by atoms with E-state index in [1.165, 1.54) is 0 Å². The number of hydrogen-bond acceptors (Lipinski definition) is 5. The Hall–Kier alpha value is -4.06. The minimum absolute atomic E-state index is 0.319. The normalized spacial score (nSPS) is 10.6. The summed E-state index contributed by atoms with van der Waals surface area (Å²) >= 11 is 0. The smallest absolute Gasteiger partial charge is 0.341 e. The first-order valence-electron chi connectivity index (χ1n) is 9.79. The maximum Gasteiger partial charge on any atom is 0.341 e. The number of benzene rings is 3. The van der Waals surface area contributed by atoms with Crippen molar-refractivity contribution in [3.63, 3.8) is 0 Å². The van der Waals surface area contributed by atoms with E-state index in [0.717, 1.165) is 22.2 Å². The van der Waals surface area contributed by atoms with Crippen LogP contribution < -0.4 is 14.2 Å². The highest BCUT2D eigenvalue weighted by molar-refractivity contribution is 5.78. The Morgan fingerprint density at radius 3 is 2.26 bits per heavy atom. The van der Waals surface area contributed by atoms with E-state index in [9.17, 15) is 4.79 Å². The van der Waals surface area contributed by atoms with Gasteiger partial charge in [-0.3, -0.25) is 0 Å². The molecule has 0 spiro atoms. The number of aromatic nitrogens is 1. The average molecular weight is 415 g/mol. The maximum absolute atomic E-state index is 10.6. The molecule has 4 aromatic rings. The second-order valence-electron chi connectivity index (χ2n) is 6.88. The molecule has 0 radical (unpaired) electrons. The zero-order valence-corrected chi connectivity index (χ0v) is 16.7. The number of hydrogen-bond donors (Lipinski definition) is 1. The Kier molecular flexibility index (Phi) is 6.28. The first-order chi connectivity index (χ1) is 15.2. The molecule has 0 unspecified atom stereocenters. The highest BCUT2D eigenvalue weighted by atomic mass is 16.5. The number of ether oxygens (including phenoxy) is 3. The first-order valence-corrected chi connectivity index (χ1v) is 9.79. The van der Waals surface area contributed by atoms with Crippen LogP contribution in [0.15, 0.2) is 84.9 Å². The van der Waals surface area contributed by atoms with E-state index in [1.807, 2.05) is 66.7 Å². The lowest BCUT2D eigenvalue weighted by atomic mass is 10.2. The molecule has 4 rings (SSSR count). The van der Waals surface area contributed by atoms with Crippen molar-refractivity contribution in [2.45, 2.75) is 13.2 Å². The van der Waals surface area contributed by atoms with Gasteiger partial charge in [-0.25, -0.2) is 9.78 Å². The maximum atomic E-state index is 10.6. The van der Waals surface area contributed by atoms with Crippen molar-refractivity contribution in [2.24, 2.45) is 0 Å². The predicted octanol–water partition coefficient (Wildman–Crippen LogP) is 4.86. The van der Waals surface area contributed by atoms with Gasteiger partial charge in [0.1, 0.15) is 30.5 Å². The molecule has 1 aromatic heterocycles. The molecule has 6 nitrogen and oxygen atoms in total. The number of aliphatic carboxylic acids is 1. The van der Waals surface area contributed by atoms with Crippen molar-refractivity contribution in [3.8, 4) is 17.2 Å². The van der Waals surface area contributed by atoms with E-state index in [4.69, 9.17) is 19.3 Å². The molecule has 31 heavy (non-hydrogen) atoms. The van der Waals surface area contributed by atoms with Crippen molar-refractivity contribution < 1.29 is 24.1 Å². The Morgan fingerprint density at radius 2 is 1.45 bits per heavy atom. The van der Waals surface area contributed by atoms with E-state index in [2.05, 4.69) is 4.98 Å². The molecular formula is C25H21NO5. The van der Waals surface area contributed by atoms with Crippen LogP contribution in [0.3, 0.4) is 0 Å². The lowest BCUT2D eigenvalue weighted by molar-refractivity contribution is -0.139. The summed E-state index contributed by atoms with van der Waals surface area (Å²) in [6, 6.07) is 26.5. The van der Waals surface area contributed by atoms with E-state index >= 15 is 0 Å². The van der Waals surface area contributed by atoms with Crippen LogP contribution in [0.1, 0.15) is 11.3 Å². The zero-order valence-electron chi connectivity index (χ0n) is 16.7. The molecule has 156 valence electrons. The third kappa shape index (κ3) is 5.73. The highest BCUT2D eigenvalue weighted by Crippen LogP contribution is 2.22. The summed E-state index contributed by atoms with van der Waals surface area (Å²) in [5, 5.41) is 9.82. The minimum atomic E-state index is -1.02. The molecule has 3 aromatic carbocycles. The monoisotopic (exact) mass is 415 g/mol. The van der Waals surface area contributed by atoms with Gasteiger partial charge < -0.3 is 19.3 Å². The quantitative estimate of drug-likeness (QED) is 0.421. The fourth-order valence-electron chi connectivity index (χ4n) is 3.04. The van der Waals surface area contributed by atoms with E-state index in [1.54, 1.807) is 18.2 Å². The summed E-state index contributed by atoms with van der Waals surface area (Å²) in [7, 11) is 0. The van der Waals surface area contributed by atoms with Gasteiger partial charge in [-0.15, -0.1) is 0 Å². The number of fused-ring (bicyclic) bond motifs is 1. The number of carbonyl (C=O) groups is 1. The van der Waals surface area contributed by atoms with Crippen LogP contribution in [0, 0.1) is 0 Å². The number of carboxylic acids is 1. The van der Waals surface area contributed by atoms with Gasteiger partial charge in [0.25, 0.3) is 0 Å². The van der Waals surface area contributed by atoms with Gasteiger partial charge in [-0.05, 0) is 42.0 Å². The van der Waals surface area contributed by atoms with Crippen LogP contribution in [0.4, 0.5) is 0 Å². The van der Waals surface area contributed by atoms with Gasteiger partial charge in [0.2, 0.25) is 0 Å². The summed E-state index contributed by atoms with van der Waals surface area (Å²) in [6.07, 6.45) is 0. The summed E-state index contributed by atoms with van der Waals surface area (Å²) in [4.78, 5) is 15.3. The standard InChI is InChI=1S/C25H21NO5/c27-25(28)17-31-21-7-3-5-18(13-21)15-29-22-8-4-9-23(14-22)30-16-20-12-11-19-6-1-2-10-24(19)26-20/h1-14H,15-17H2,(H,27,28). The van der Waals surface area contributed by atoms with Crippen LogP contribution in [0.25, 0.3) is 10.9 Å². The number of carboxylic acid groups (broad SMARTS) is 1. The Bertz CT molecular complexity index is 1190. The second kappa shape index (κ2) is 9.63. The molecule has 0 aliphatic rings. The SMILES string of the molecule is O=C(O)COc1cccc(COc2cccc(OCc3ccc4ccccc4n3)c2)c1. The Labute approximate surface area is 179 Å². The van der Waals surface area contributed by atoms with Crippen LogP contribution in [0.5, 0.6) is 17.2 Å². The van der Waals surface area contributed by atoms with E-state index in [0.29, 0.717) is 30.5 Å². The third-order valence-electron chi connectivity index (χ3n) is 4.51. The second-order valence-corrected chi connectivity index (χ2v) is 6.88. The van der Waals surface area contributed by atoms with Crippen LogP contribution in [0.2, 0.25) is 0 Å². The first kappa shape index (κ1) is 20.2. The van der Waals surface area contributed by atoms with Crippen molar-refractivity contribution in [3.05, 3.63) is 96.2 Å². The molecule has 0 saturated heterocycles. The topological polar surface area (TPSA) is 77.9 Å². The molecule has 0 atom stereocenters. The number of para-hydroxylation sites is 1. The molecule has 0 bridgehead atoms. The van der Waals surface area contributed by atoms with E-state index < -0.39 is 5.97 Å². The summed E-state index contributed by atoms with van der Waals surface area (Å²) < 4.78 is 16.9. The van der Waals surface area contributed by atoms with Gasteiger partial charge in [-0.1, -0.05) is 42.5 Å². The summed E-state index contributed by atoms with van der Waals surface area (Å²) in [5.41, 5.74) is 2.66. The summed E-state index contributed by atoms with van der Waals surface area (Å²) in [6.45, 7) is 0.299. The van der Waals surface area contributed by atoms with Gasteiger partial charge >= 0.3 is 5.97 Å². The minimum Gasteiger partial charge on any atom is -0.489 e. The molecule has 0 aliphatic heterocycles. The summed E-state index contributed by atoms with van der Waals surface area (Å²) in [5.74, 6) is 0.827. The predicted molar refractivity (Wildman–Crippen MR) is 116 cm³/mol. The molecule has 1 heterocycles. The van der Waals surface area contributed by atoms with E-state index in [-0.39, 0.29) is 6.61 Å². The highest BCUT2D eigenvalue weighted by Gasteiger charge is 2.04. The number of nitrogens with zero attached hydrogens (tertiary/aromatic N) is 1. The third-order valence-corrected chi connectivity index (χ3v) is 4.51. The van der Waals surface area contributed by atoms with Crippen molar-refractivity contribution in [1.82, 2.24) is 4.98 Å². The largest absolute Gasteiger partial charge is 0.489 e. The van der Waals surface area contributed by atoms with Gasteiger partial charge in [-0.2, -0.15) is 0 Å². The zero-order chi connectivity index (χ0) is 21.5. The van der Waals surface area contributed by atoms with Crippen molar-refractivity contribution in [2.75, 3.05) is 6.61 Å². The van der Waals surface area contributed by atoms with Crippen molar-refractivity contribution in [1.29, 1.82) is 0 Å². The molecule has 6 heteroatoms. The van der Waals surface area contributed by atoms with Gasteiger partial charge in [0.15, 0.2) is 6.61 Å². The van der Waals surface area contributed by atoms with Crippen molar-refractivity contribution >= 4 is 16.9 Å².